The topological polar surface area (TPSA) is 18.5 Å². The van der Waals surface area contributed by atoms with Crippen molar-refractivity contribution in [3.8, 4) is 17.2 Å². The van der Waals surface area contributed by atoms with Crippen LogP contribution < -0.4 is 9.47 Å². The van der Waals surface area contributed by atoms with Gasteiger partial charge in [0.2, 0.25) is 0 Å². The molecule has 0 atom stereocenters. The van der Waals surface area contributed by atoms with Crippen LogP contribution in [-0.2, 0) is 11.9 Å². The minimum Gasteiger partial charge on any atom is -0.489 e. The number of hydrogen-bond donors (Lipinski definition) is 0. The minimum atomic E-state index is 0.524. The van der Waals surface area contributed by atoms with E-state index in [9.17, 15) is 0 Å². The summed E-state index contributed by atoms with van der Waals surface area (Å²) in [6.45, 7) is 0.524. The first-order valence-corrected chi connectivity index (χ1v) is 9.03. The summed E-state index contributed by atoms with van der Waals surface area (Å²) in [6, 6.07) is 23.3. The molecular weight excluding hydrogens is 388 g/mol. The van der Waals surface area contributed by atoms with Crippen LogP contribution in [0.15, 0.2) is 72.8 Å². The first kappa shape index (κ1) is 16.9. The number of ether oxygens (including phenoxy) is 2. The van der Waals surface area contributed by atoms with Crippen LogP contribution in [0.25, 0.3) is 0 Å². The average Bonchev–Trinajstić information content (AvgIpc) is 2.61. The highest BCUT2D eigenvalue weighted by molar-refractivity contribution is 9.08. The van der Waals surface area contributed by atoms with E-state index in [1.165, 1.54) is 0 Å². The first-order chi connectivity index (χ1) is 11.7. The third-order valence-electron chi connectivity index (χ3n) is 3.46. The highest BCUT2D eigenvalue weighted by atomic mass is 79.9. The van der Waals surface area contributed by atoms with Crippen molar-refractivity contribution in [3.05, 3.63) is 88.9 Å². The van der Waals surface area contributed by atoms with E-state index < -0.39 is 0 Å². The van der Waals surface area contributed by atoms with Crippen LogP contribution in [0.4, 0.5) is 0 Å². The molecule has 122 valence electrons. The molecule has 0 bridgehead atoms. The first-order valence-electron chi connectivity index (χ1n) is 7.53. The van der Waals surface area contributed by atoms with Crippen LogP contribution >= 0.6 is 27.5 Å². The van der Waals surface area contributed by atoms with Gasteiger partial charge in [-0.1, -0.05) is 70.0 Å². The van der Waals surface area contributed by atoms with Crippen molar-refractivity contribution in [2.24, 2.45) is 0 Å². The average molecular weight is 404 g/mol. The zero-order valence-corrected chi connectivity index (χ0v) is 15.3. The molecule has 3 aromatic carbocycles. The van der Waals surface area contributed by atoms with Crippen LogP contribution in [-0.4, -0.2) is 0 Å². The Labute approximate surface area is 155 Å². The van der Waals surface area contributed by atoms with Gasteiger partial charge in [0.15, 0.2) is 0 Å². The number of rotatable bonds is 6. The van der Waals surface area contributed by atoms with Gasteiger partial charge < -0.3 is 9.47 Å². The standard InChI is InChI=1S/C20H16BrClO2/c21-13-16-9-10-19(12-20(16)22)24-18-8-4-7-17(11-18)23-14-15-5-2-1-3-6-15/h1-12H,13-14H2. The van der Waals surface area contributed by atoms with Gasteiger partial charge in [-0.3, -0.25) is 0 Å². The lowest BCUT2D eigenvalue weighted by Gasteiger charge is -2.10. The Morgan fingerprint density at radius 2 is 1.54 bits per heavy atom. The molecule has 3 aromatic rings. The molecule has 0 heterocycles. The summed E-state index contributed by atoms with van der Waals surface area (Å²) in [5.74, 6) is 2.17. The molecule has 0 fully saturated rings. The zero-order valence-electron chi connectivity index (χ0n) is 12.9. The zero-order chi connectivity index (χ0) is 16.8. The Balaban J connectivity index is 1.67. The molecule has 0 radical (unpaired) electrons. The molecule has 0 aromatic heterocycles. The molecule has 2 nitrogen and oxygen atoms in total. The largest absolute Gasteiger partial charge is 0.489 e. The molecule has 0 aliphatic carbocycles. The molecular formula is C20H16BrClO2. The predicted octanol–water partition coefficient (Wildman–Crippen LogP) is 6.61. The number of halogens is 2. The van der Waals surface area contributed by atoms with Crippen molar-refractivity contribution >= 4 is 27.5 Å². The summed E-state index contributed by atoms with van der Waals surface area (Å²) in [6.07, 6.45) is 0. The maximum absolute atomic E-state index is 6.21. The van der Waals surface area contributed by atoms with Crippen molar-refractivity contribution in [1.29, 1.82) is 0 Å². The molecule has 0 aliphatic rings. The van der Waals surface area contributed by atoms with Gasteiger partial charge in [0, 0.05) is 16.4 Å². The van der Waals surface area contributed by atoms with Crippen molar-refractivity contribution < 1.29 is 9.47 Å². The van der Waals surface area contributed by atoms with Gasteiger partial charge in [-0.05, 0) is 35.4 Å². The molecule has 24 heavy (non-hydrogen) atoms. The van der Waals surface area contributed by atoms with Crippen LogP contribution in [0.2, 0.25) is 5.02 Å². The second-order valence-corrected chi connectivity index (χ2v) is 6.21. The quantitative estimate of drug-likeness (QED) is 0.431. The smallest absolute Gasteiger partial charge is 0.131 e. The van der Waals surface area contributed by atoms with Crippen molar-refractivity contribution in [1.82, 2.24) is 0 Å². The molecule has 0 unspecified atom stereocenters. The fraction of sp³-hybridized carbons (Fsp3) is 0.100. The monoisotopic (exact) mass is 402 g/mol. The Kier molecular flexibility index (Phi) is 5.78. The Morgan fingerprint density at radius 3 is 2.29 bits per heavy atom. The summed E-state index contributed by atoms with van der Waals surface area (Å²) >= 11 is 9.61. The SMILES string of the molecule is Clc1cc(Oc2cccc(OCc3ccccc3)c2)ccc1CBr. The normalized spacial score (nSPS) is 10.4. The summed E-state index contributed by atoms with van der Waals surface area (Å²) in [4.78, 5) is 0. The lowest BCUT2D eigenvalue weighted by Crippen LogP contribution is -1.95. The third kappa shape index (κ3) is 4.53. The Bertz CT molecular complexity index is 806. The minimum absolute atomic E-state index is 0.524. The van der Waals surface area contributed by atoms with E-state index in [0.717, 1.165) is 22.2 Å². The Hall–Kier alpha value is -1.97. The second kappa shape index (κ2) is 8.22. The van der Waals surface area contributed by atoms with Gasteiger partial charge in [0.05, 0.1) is 0 Å². The molecule has 0 amide bonds. The van der Waals surface area contributed by atoms with E-state index in [1.807, 2.05) is 72.8 Å². The van der Waals surface area contributed by atoms with E-state index in [-0.39, 0.29) is 0 Å². The maximum atomic E-state index is 6.21. The second-order valence-electron chi connectivity index (χ2n) is 5.24. The predicted molar refractivity (Wildman–Crippen MR) is 101 cm³/mol. The molecule has 0 N–H and O–H groups in total. The van der Waals surface area contributed by atoms with Crippen LogP contribution in [0, 0.1) is 0 Å². The van der Waals surface area contributed by atoms with E-state index in [0.29, 0.717) is 23.1 Å². The Morgan fingerprint density at radius 1 is 0.792 bits per heavy atom. The van der Waals surface area contributed by atoms with E-state index in [1.54, 1.807) is 0 Å². The van der Waals surface area contributed by atoms with Gasteiger partial charge in [-0.25, -0.2) is 0 Å². The number of alkyl halides is 1. The number of benzene rings is 3. The van der Waals surface area contributed by atoms with Crippen LogP contribution in [0.5, 0.6) is 17.2 Å². The highest BCUT2D eigenvalue weighted by Crippen LogP contribution is 2.29. The maximum Gasteiger partial charge on any atom is 0.131 e. The third-order valence-corrected chi connectivity index (χ3v) is 4.41. The summed E-state index contributed by atoms with van der Waals surface area (Å²) in [5, 5.41) is 1.40. The van der Waals surface area contributed by atoms with Gasteiger partial charge in [-0.2, -0.15) is 0 Å². The fourth-order valence-corrected chi connectivity index (χ4v) is 3.09. The lowest BCUT2D eigenvalue weighted by molar-refractivity contribution is 0.304. The van der Waals surface area contributed by atoms with E-state index in [2.05, 4.69) is 15.9 Å². The van der Waals surface area contributed by atoms with Crippen LogP contribution in [0.1, 0.15) is 11.1 Å². The summed E-state index contributed by atoms with van der Waals surface area (Å²) < 4.78 is 11.7. The molecule has 0 saturated carbocycles. The van der Waals surface area contributed by atoms with Crippen LogP contribution in [0.3, 0.4) is 0 Å². The summed E-state index contributed by atoms with van der Waals surface area (Å²) in [7, 11) is 0. The van der Waals surface area contributed by atoms with E-state index in [4.69, 9.17) is 21.1 Å². The molecule has 0 aliphatic heterocycles. The lowest BCUT2D eigenvalue weighted by atomic mass is 10.2. The number of hydrogen-bond acceptors (Lipinski definition) is 2. The van der Waals surface area contributed by atoms with Gasteiger partial charge in [0.25, 0.3) is 0 Å². The molecule has 0 spiro atoms. The fourth-order valence-electron chi connectivity index (χ4n) is 2.20. The summed E-state index contributed by atoms with van der Waals surface area (Å²) in [5.41, 5.74) is 2.16. The molecule has 0 saturated heterocycles. The van der Waals surface area contributed by atoms with Crippen molar-refractivity contribution in [2.75, 3.05) is 0 Å². The van der Waals surface area contributed by atoms with Gasteiger partial charge >= 0.3 is 0 Å². The highest BCUT2D eigenvalue weighted by Gasteiger charge is 2.04. The van der Waals surface area contributed by atoms with Crippen molar-refractivity contribution in [2.45, 2.75) is 11.9 Å². The molecule has 4 heteroatoms. The van der Waals surface area contributed by atoms with Crippen molar-refractivity contribution in [3.63, 3.8) is 0 Å². The molecule has 3 rings (SSSR count). The van der Waals surface area contributed by atoms with Gasteiger partial charge in [-0.15, -0.1) is 0 Å². The van der Waals surface area contributed by atoms with Gasteiger partial charge in [0.1, 0.15) is 23.9 Å². The van der Waals surface area contributed by atoms with E-state index >= 15 is 0 Å².